The molecule has 1 N–H and O–H groups in total. The predicted octanol–water partition coefficient (Wildman–Crippen LogP) is 1.36. The summed E-state index contributed by atoms with van der Waals surface area (Å²) in [6, 6.07) is 3.61. The van der Waals surface area contributed by atoms with E-state index >= 15 is 0 Å². The lowest BCUT2D eigenvalue weighted by molar-refractivity contribution is -0.384. The molecule has 0 unspecified atom stereocenters. The summed E-state index contributed by atoms with van der Waals surface area (Å²) in [5, 5.41) is 18.9. The Hall–Kier alpha value is -1.48. The molecular weight excluding hydrogens is 330 g/mol. The molecule has 0 aliphatic rings. The minimum atomic E-state index is -3.79. The molecule has 0 fully saturated rings. The highest BCUT2D eigenvalue weighted by atomic mass is 79.9. The zero-order valence-electron chi connectivity index (χ0n) is 8.87. The van der Waals surface area contributed by atoms with E-state index in [1.807, 2.05) is 0 Å². The van der Waals surface area contributed by atoms with Crippen LogP contribution in [0.15, 0.2) is 22.7 Å². The van der Waals surface area contributed by atoms with Crippen molar-refractivity contribution in [2.45, 2.75) is 5.75 Å². The Morgan fingerprint density at radius 1 is 1.44 bits per heavy atom. The summed E-state index contributed by atoms with van der Waals surface area (Å²) >= 11 is 3.02. The minimum Gasteiger partial charge on any atom is -0.480 e. The molecule has 9 heteroatoms. The maximum atomic E-state index is 11.4. The lowest BCUT2D eigenvalue weighted by Crippen LogP contribution is -2.17. The molecule has 0 saturated heterocycles. The average molecular weight is 338 g/mol. The van der Waals surface area contributed by atoms with Crippen LogP contribution in [-0.2, 0) is 20.4 Å². The summed E-state index contributed by atoms with van der Waals surface area (Å²) in [7, 11) is -3.79. The largest absolute Gasteiger partial charge is 0.480 e. The summed E-state index contributed by atoms with van der Waals surface area (Å²) in [6.45, 7) is 0. The van der Waals surface area contributed by atoms with Gasteiger partial charge < -0.3 is 5.11 Å². The second-order valence-corrected chi connectivity index (χ2v) is 6.38. The summed E-state index contributed by atoms with van der Waals surface area (Å²) in [4.78, 5) is 20.2. The predicted molar refractivity (Wildman–Crippen MR) is 65.9 cm³/mol. The van der Waals surface area contributed by atoms with Gasteiger partial charge in [-0.2, -0.15) is 0 Å². The van der Waals surface area contributed by atoms with Crippen LogP contribution >= 0.6 is 15.9 Å². The topological polar surface area (TPSA) is 115 Å². The van der Waals surface area contributed by atoms with Crippen LogP contribution in [-0.4, -0.2) is 30.2 Å². The molecule has 0 bridgehead atoms. The van der Waals surface area contributed by atoms with Gasteiger partial charge in [-0.25, -0.2) is 8.42 Å². The standard InChI is InChI=1S/C9H8BrNO6S/c10-8-3-7(11(14)15)2-1-6(8)4-18(16,17)5-9(12)13/h1-3H,4-5H2,(H,12,13). The Labute approximate surface area is 111 Å². The Morgan fingerprint density at radius 2 is 2.06 bits per heavy atom. The number of aliphatic carboxylic acids is 1. The number of nitrogens with zero attached hydrogens (tertiary/aromatic N) is 1. The van der Waals surface area contributed by atoms with E-state index in [2.05, 4.69) is 15.9 Å². The highest BCUT2D eigenvalue weighted by Crippen LogP contribution is 2.24. The molecule has 0 radical (unpaired) electrons. The second-order valence-electron chi connectivity index (χ2n) is 3.46. The number of carbonyl (C=O) groups is 1. The van der Waals surface area contributed by atoms with Crippen molar-refractivity contribution in [2.75, 3.05) is 5.75 Å². The number of nitro benzene ring substituents is 1. The van der Waals surface area contributed by atoms with E-state index in [9.17, 15) is 23.3 Å². The highest BCUT2D eigenvalue weighted by molar-refractivity contribution is 9.10. The van der Waals surface area contributed by atoms with Crippen molar-refractivity contribution in [3.63, 3.8) is 0 Å². The molecule has 1 rings (SSSR count). The fourth-order valence-corrected chi connectivity index (χ4v) is 3.14. The molecule has 18 heavy (non-hydrogen) atoms. The van der Waals surface area contributed by atoms with Gasteiger partial charge in [0.2, 0.25) is 0 Å². The monoisotopic (exact) mass is 337 g/mol. The third kappa shape index (κ3) is 4.08. The first-order chi connectivity index (χ1) is 8.21. The van der Waals surface area contributed by atoms with Gasteiger partial charge in [0.25, 0.3) is 5.69 Å². The number of rotatable bonds is 5. The number of sulfone groups is 1. The van der Waals surface area contributed by atoms with Crippen molar-refractivity contribution in [3.05, 3.63) is 38.3 Å². The molecule has 1 aromatic carbocycles. The fourth-order valence-electron chi connectivity index (χ4n) is 1.24. The molecule has 0 aliphatic carbocycles. The third-order valence-electron chi connectivity index (χ3n) is 1.97. The van der Waals surface area contributed by atoms with Gasteiger partial charge >= 0.3 is 5.97 Å². The normalized spacial score (nSPS) is 11.2. The summed E-state index contributed by atoms with van der Waals surface area (Å²) in [5.41, 5.74) is 0.100. The Kier molecular flexibility index (Phi) is 4.41. The molecule has 0 amide bonds. The lowest BCUT2D eigenvalue weighted by atomic mass is 10.2. The first-order valence-electron chi connectivity index (χ1n) is 4.56. The molecule has 0 aromatic heterocycles. The quantitative estimate of drug-likeness (QED) is 0.640. The molecular formula is C9H8BrNO6S. The van der Waals surface area contributed by atoms with Crippen LogP contribution in [0.1, 0.15) is 5.56 Å². The van der Waals surface area contributed by atoms with Gasteiger partial charge in [-0.3, -0.25) is 14.9 Å². The van der Waals surface area contributed by atoms with Crippen LogP contribution in [0.2, 0.25) is 0 Å². The first kappa shape index (κ1) is 14.6. The average Bonchev–Trinajstić information content (AvgIpc) is 2.18. The molecule has 0 heterocycles. The van der Waals surface area contributed by atoms with E-state index in [0.717, 1.165) is 6.07 Å². The van der Waals surface area contributed by atoms with Crippen LogP contribution in [0.5, 0.6) is 0 Å². The van der Waals surface area contributed by atoms with Crippen molar-refractivity contribution in [1.29, 1.82) is 0 Å². The molecule has 7 nitrogen and oxygen atoms in total. The van der Waals surface area contributed by atoms with Crippen LogP contribution in [0, 0.1) is 10.1 Å². The number of carboxylic acids is 1. The van der Waals surface area contributed by atoms with Crippen LogP contribution in [0.25, 0.3) is 0 Å². The fraction of sp³-hybridized carbons (Fsp3) is 0.222. The van der Waals surface area contributed by atoms with Crippen LogP contribution in [0.3, 0.4) is 0 Å². The molecule has 98 valence electrons. The second kappa shape index (κ2) is 5.44. The van der Waals surface area contributed by atoms with Crippen molar-refractivity contribution in [1.82, 2.24) is 0 Å². The van der Waals surface area contributed by atoms with Gasteiger partial charge in [0.05, 0.1) is 10.7 Å². The van der Waals surface area contributed by atoms with Crippen LogP contribution < -0.4 is 0 Å². The lowest BCUT2D eigenvalue weighted by Gasteiger charge is -2.04. The van der Waals surface area contributed by atoms with E-state index in [0.29, 0.717) is 0 Å². The van der Waals surface area contributed by atoms with Crippen molar-refractivity contribution in [2.24, 2.45) is 0 Å². The number of hydrogen-bond donors (Lipinski definition) is 1. The van der Waals surface area contributed by atoms with Gasteiger partial charge in [-0.05, 0) is 5.56 Å². The zero-order chi connectivity index (χ0) is 13.9. The minimum absolute atomic E-state index is 0.179. The van der Waals surface area contributed by atoms with Crippen molar-refractivity contribution < 1.29 is 23.2 Å². The summed E-state index contributed by atoms with van der Waals surface area (Å²) in [6.07, 6.45) is 0. The number of nitro groups is 1. The highest BCUT2D eigenvalue weighted by Gasteiger charge is 2.19. The van der Waals surface area contributed by atoms with Crippen LogP contribution in [0.4, 0.5) is 5.69 Å². The van der Waals surface area contributed by atoms with Crippen molar-refractivity contribution >= 4 is 37.4 Å². The van der Waals surface area contributed by atoms with Crippen molar-refractivity contribution in [3.8, 4) is 0 Å². The van der Waals surface area contributed by atoms with Gasteiger partial charge in [-0.15, -0.1) is 0 Å². The first-order valence-corrected chi connectivity index (χ1v) is 7.18. The van der Waals surface area contributed by atoms with E-state index < -0.39 is 32.2 Å². The van der Waals surface area contributed by atoms with E-state index in [1.165, 1.54) is 12.1 Å². The Balaban J connectivity index is 2.99. The number of carboxylic acid groups (broad SMARTS) is 1. The molecule has 1 aromatic rings. The van der Waals surface area contributed by atoms with E-state index in [4.69, 9.17) is 5.11 Å². The molecule has 0 aliphatic heterocycles. The summed E-state index contributed by atoms with van der Waals surface area (Å²) in [5.74, 6) is -2.90. The SMILES string of the molecule is O=C(O)CS(=O)(=O)Cc1ccc([N+](=O)[O-])cc1Br. The maximum Gasteiger partial charge on any atom is 0.318 e. The van der Waals surface area contributed by atoms with Gasteiger partial charge in [0, 0.05) is 16.6 Å². The molecule has 0 spiro atoms. The molecule has 0 atom stereocenters. The number of hydrogen-bond acceptors (Lipinski definition) is 5. The van der Waals surface area contributed by atoms with E-state index in [-0.39, 0.29) is 15.7 Å². The number of non-ortho nitro benzene ring substituents is 1. The van der Waals surface area contributed by atoms with Gasteiger partial charge in [0.1, 0.15) is 5.75 Å². The molecule has 0 saturated carbocycles. The third-order valence-corrected chi connectivity index (χ3v) is 4.14. The Bertz CT molecular complexity index is 597. The van der Waals surface area contributed by atoms with E-state index in [1.54, 1.807) is 0 Å². The van der Waals surface area contributed by atoms with Gasteiger partial charge in [-0.1, -0.05) is 22.0 Å². The summed E-state index contributed by atoms with van der Waals surface area (Å²) < 4.78 is 23.1. The smallest absolute Gasteiger partial charge is 0.318 e. The number of halogens is 1. The zero-order valence-corrected chi connectivity index (χ0v) is 11.3. The van der Waals surface area contributed by atoms with Gasteiger partial charge in [0.15, 0.2) is 9.84 Å². The Morgan fingerprint density at radius 3 is 2.50 bits per heavy atom. The number of benzene rings is 1. The maximum absolute atomic E-state index is 11.4.